The highest BCUT2D eigenvalue weighted by molar-refractivity contribution is 5.62. The highest BCUT2D eigenvalue weighted by Crippen LogP contribution is 2.09. The Morgan fingerprint density at radius 1 is 0.950 bits per heavy atom. The highest BCUT2D eigenvalue weighted by Gasteiger charge is 1.89. The molecule has 0 aromatic rings. The van der Waals surface area contributed by atoms with Gasteiger partial charge in [-0.2, -0.15) is 0 Å². The Bertz CT molecular complexity index is 261. The molecule has 116 valence electrons. The van der Waals surface area contributed by atoms with Gasteiger partial charge in [-0.1, -0.05) is 88.8 Å². The molecule has 20 heavy (non-hydrogen) atoms. The number of hydrogen-bond acceptors (Lipinski definition) is 1. The number of carboxylic acid groups (broad SMARTS) is 1. The maximum atomic E-state index is 9.00. The van der Waals surface area contributed by atoms with Crippen LogP contribution >= 0.6 is 0 Å². The summed E-state index contributed by atoms with van der Waals surface area (Å²) in [4.78, 5) is 9.00. The summed E-state index contributed by atoms with van der Waals surface area (Å²) in [5.41, 5.74) is 0. The molecule has 0 atom stereocenters. The summed E-state index contributed by atoms with van der Waals surface area (Å²) in [5, 5.41) is 7.42. The molecule has 0 aliphatic heterocycles. The Balaban J connectivity index is 0. The van der Waals surface area contributed by atoms with Gasteiger partial charge in [0.05, 0.1) is 0 Å². The van der Waals surface area contributed by atoms with Crippen molar-refractivity contribution in [3.05, 3.63) is 37.0 Å². The van der Waals surface area contributed by atoms with Crippen LogP contribution in [0.15, 0.2) is 37.0 Å². The van der Waals surface area contributed by atoms with Gasteiger partial charge >= 0.3 is 0 Å². The number of carbonyl (C=O) groups is 1. The van der Waals surface area contributed by atoms with E-state index in [1.165, 1.54) is 57.8 Å². The van der Waals surface area contributed by atoms with Crippen LogP contribution in [0.25, 0.3) is 0 Å². The van der Waals surface area contributed by atoms with E-state index in [4.69, 9.17) is 9.90 Å². The molecule has 0 unspecified atom stereocenters. The fourth-order valence-corrected chi connectivity index (χ4v) is 1.71. The molecule has 0 saturated carbocycles. The molecule has 0 rings (SSSR count). The molecule has 0 bridgehead atoms. The minimum Gasteiger partial charge on any atom is -0.481 e. The highest BCUT2D eigenvalue weighted by atomic mass is 16.4. The summed E-state index contributed by atoms with van der Waals surface area (Å²) in [6.07, 6.45) is 22.6. The first-order valence-electron chi connectivity index (χ1n) is 7.78. The van der Waals surface area contributed by atoms with E-state index >= 15 is 0 Å². The average molecular weight is 280 g/mol. The van der Waals surface area contributed by atoms with Gasteiger partial charge in [0.25, 0.3) is 5.97 Å². The van der Waals surface area contributed by atoms with Gasteiger partial charge in [-0.15, -0.1) is 0 Å². The van der Waals surface area contributed by atoms with Crippen molar-refractivity contribution < 1.29 is 9.90 Å². The molecule has 0 aromatic carbocycles. The first-order chi connectivity index (χ1) is 9.65. The molecule has 0 aromatic heterocycles. The second kappa shape index (κ2) is 20.0. The van der Waals surface area contributed by atoms with Gasteiger partial charge in [-0.05, 0) is 12.8 Å². The molecule has 0 spiro atoms. The SMILES string of the molecule is C=C/C=C/C=C\CCCCCCCCCC.CC(=O)O. The normalized spacial score (nSPS) is 10.5. The van der Waals surface area contributed by atoms with Crippen LogP contribution in [-0.2, 0) is 4.79 Å². The van der Waals surface area contributed by atoms with Gasteiger partial charge < -0.3 is 5.11 Å². The van der Waals surface area contributed by atoms with Gasteiger partial charge in [0.2, 0.25) is 0 Å². The quantitative estimate of drug-likeness (QED) is 0.377. The second-order valence-electron chi connectivity index (χ2n) is 4.83. The Hall–Kier alpha value is -1.31. The topological polar surface area (TPSA) is 37.3 Å². The van der Waals surface area contributed by atoms with Crippen LogP contribution in [-0.4, -0.2) is 11.1 Å². The zero-order valence-electron chi connectivity index (χ0n) is 13.3. The fourth-order valence-electron chi connectivity index (χ4n) is 1.71. The lowest BCUT2D eigenvalue weighted by Crippen LogP contribution is -1.79. The summed E-state index contributed by atoms with van der Waals surface area (Å²) >= 11 is 0. The van der Waals surface area contributed by atoms with Crippen molar-refractivity contribution in [2.75, 3.05) is 0 Å². The molecule has 0 saturated heterocycles. The summed E-state index contributed by atoms with van der Waals surface area (Å²) < 4.78 is 0. The fraction of sp³-hybridized carbons (Fsp3) is 0.611. The third kappa shape index (κ3) is 30.1. The second-order valence-corrected chi connectivity index (χ2v) is 4.83. The maximum absolute atomic E-state index is 9.00. The van der Waals surface area contributed by atoms with E-state index in [-0.39, 0.29) is 0 Å². The van der Waals surface area contributed by atoms with E-state index in [1.54, 1.807) is 6.08 Å². The zero-order chi connectivity index (χ0) is 15.5. The lowest BCUT2D eigenvalue weighted by atomic mass is 10.1. The van der Waals surface area contributed by atoms with Crippen molar-refractivity contribution in [1.29, 1.82) is 0 Å². The largest absolute Gasteiger partial charge is 0.481 e. The first-order valence-corrected chi connectivity index (χ1v) is 7.78. The third-order valence-electron chi connectivity index (χ3n) is 2.72. The van der Waals surface area contributed by atoms with Gasteiger partial charge in [-0.3, -0.25) is 4.79 Å². The van der Waals surface area contributed by atoms with E-state index in [2.05, 4.69) is 25.7 Å². The maximum Gasteiger partial charge on any atom is 0.300 e. The van der Waals surface area contributed by atoms with Crippen molar-refractivity contribution in [3.63, 3.8) is 0 Å². The van der Waals surface area contributed by atoms with Crippen LogP contribution < -0.4 is 0 Å². The summed E-state index contributed by atoms with van der Waals surface area (Å²) in [6.45, 7) is 6.98. The zero-order valence-corrected chi connectivity index (χ0v) is 13.3. The smallest absolute Gasteiger partial charge is 0.300 e. The minimum absolute atomic E-state index is 0.833. The van der Waals surface area contributed by atoms with Crippen molar-refractivity contribution >= 4 is 5.97 Å². The standard InChI is InChI=1S/C16H28.C2H4O2/c1-3-5-7-9-11-13-15-16-14-12-10-8-6-4-2;1-2(3)4/h3,5,7,9,11H,1,4,6,8,10,12-16H2,2H3;1H3,(H,3,4)/b7-5+,11-9-;. The number of unbranched alkanes of at least 4 members (excludes halogenated alkanes) is 8. The molecule has 0 heterocycles. The molecule has 0 amide bonds. The van der Waals surface area contributed by atoms with Crippen LogP contribution in [0.3, 0.4) is 0 Å². The van der Waals surface area contributed by atoms with Gasteiger partial charge in [0.1, 0.15) is 0 Å². The molecule has 1 N–H and O–H groups in total. The van der Waals surface area contributed by atoms with Crippen LogP contribution in [0, 0.1) is 0 Å². The molecule has 2 nitrogen and oxygen atoms in total. The van der Waals surface area contributed by atoms with Gasteiger partial charge in [-0.25, -0.2) is 0 Å². The molecular formula is C18H32O2. The number of hydrogen-bond donors (Lipinski definition) is 1. The van der Waals surface area contributed by atoms with E-state index in [9.17, 15) is 0 Å². The lowest BCUT2D eigenvalue weighted by molar-refractivity contribution is -0.134. The lowest BCUT2D eigenvalue weighted by Gasteiger charge is -1.99. The molecule has 0 aliphatic rings. The third-order valence-corrected chi connectivity index (χ3v) is 2.72. The van der Waals surface area contributed by atoms with E-state index in [0.717, 1.165) is 6.92 Å². The average Bonchev–Trinajstić information content (AvgIpc) is 2.39. The number of aliphatic carboxylic acids is 1. The number of carboxylic acids is 1. The van der Waals surface area contributed by atoms with E-state index in [0.29, 0.717) is 0 Å². The first kappa shape index (κ1) is 21.0. The van der Waals surface area contributed by atoms with Crippen molar-refractivity contribution in [2.45, 2.75) is 71.6 Å². The molecule has 2 heteroatoms. The van der Waals surface area contributed by atoms with E-state index in [1.807, 2.05) is 12.2 Å². The minimum atomic E-state index is -0.833. The monoisotopic (exact) mass is 280 g/mol. The number of allylic oxidation sites excluding steroid dienone is 5. The Labute approximate surface area is 125 Å². The number of rotatable bonds is 11. The Morgan fingerprint density at radius 2 is 1.45 bits per heavy atom. The van der Waals surface area contributed by atoms with Crippen LogP contribution in [0.4, 0.5) is 0 Å². The van der Waals surface area contributed by atoms with Crippen LogP contribution in [0.2, 0.25) is 0 Å². The Kier molecular flexibility index (Phi) is 21.0. The summed E-state index contributed by atoms with van der Waals surface area (Å²) in [6, 6.07) is 0. The van der Waals surface area contributed by atoms with Crippen LogP contribution in [0.5, 0.6) is 0 Å². The van der Waals surface area contributed by atoms with Gasteiger partial charge in [0, 0.05) is 6.92 Å². The van der Waals surface area contributed by atoms with Crippen molar-refractivity contribution in [2.24, 2.45) is 0 Å². The Morgan fingerprint density at radius 3 is 1.95 bits per heavy atom. The molecule has 0 radical (unpaired) electrons. The van der Waals surface area contributed by atoms with E-state index < -0.39 is 5.97 Å². The van der Waals surface area contributed by atoms with Crippen molar-refractivity contribution in [1.82, 2.24) is 0 Å². The molecular weight excluding hydrogens is 248 g/mol. The molecule has 0 aliphatic carbocycles. The predicted octanol–water partition coefficient (Wildman–Crippen LogP) is 5.91. The predicted molar refractivity (Wildman–Crippen MR) is 89.0 cm³/mol. The summed E-state index contributed by atoms with van der Waals surface area (Å²) in [5.74, 6) is -0.833. The van der Waals surface area contributed by atoms with Crippen LogP contribution in [0.1, 0.15) is 71.6 Å². The summed E-state index contributed by atoms with van der Waals surface area (Å²) in [7, 11) is 0. The molecule has 0 fully saturated rings. The van der Waals surface area contributed by atoms with Crippen molar-refractivity contribution in [3.8, 4) is 0 Å². The van der Waals surface area contributed by atoms with Gasteiger partial charge in [0.15, 0.2) is 0 Å².